The van der Waals surface area contributed by atoms with Gasteiger partial charge < -0.3 is 24.4 Å². The Morgan fingerprint density at radius 1 is 1.03 bits per heavy atom. The van der Waals surface area contributed by atoms with Crippen molar-refractivity contribution in [2.75, 3.05) is 42.6 Å². The van der Waals surface area contributed by atoms with Gasteiger partial charge in [0.2, 0.25) is 0 Å². The maximum atomic E-state index is 12.4. The predicted octanol–water partition coefficient (Wildman–Crippen LogP) is 2.56. The second-order valence-electron chi connectivity index (χ2n) is 7.38. The van der Waals surface area contributed by atoms with Crippen LogP contribution in [0.25, 0.3) is 0 Å². The number of hydrogen-bond acceptors (Lipinski definition) is 5. The molecule has 9 heteroatoms. The quantitative estimate of drug-likeness (QED) is 0.764. The van der Waals surface area contributed by atoms with E-state index < -0.39 is 18.3 Å². The molecule has 2 fully saturated rings. The lowest BCUT2D eigenvalue weighted by atomic mass is 10.2. The van der Waals surface area contributed by atoms with E-state index in [1.165, 1.54) is 9.80 Å². The molecule has 0 saturated carbocycles. The number of amides is 3. The van der Waals surface area contributed by atoms with Crippen LogP contribution in [0.4, 0.5) is 21.0 Å². The van der Waals surface area contributed by atoms with E-state index in [0.29, 0.717) is 18.8 Å². The van der Waals surface area contributed by atoms with Gasteiger partial charge in [0.05, 0.1) is 19.7 Å². The fraction of sp³-hybridized carbons (Fsp3) is 0.318. The van der Waals surface area contributed by atoms with Crippen molar-refractivity contribution in [3.8, 4) is 0 Å². The molecule has 162 valence electrons. The van der Waals surface area contributed by atoms with Crippen LogP contribution >= 0.6 is 0 Å². The molecule has 2 aliphatic rings. The topological polar surface area (TPSA) is 99.6 Å². The lowest BCUT2D eigenvalue weighted by Gasteiger charge is -2.27. The molecule has 4 rings (SSSR count). The SMILES string of the molecule is O=C(O)N(Cc1ccccc1)CC1CN(c2ccc(N3CCOCC3=O)cc2)C(=O)O1. The van der Waals surface area contributed by atoms with Crippen molar-refractivity contribution in [1.82, 2.24) is 4.90 Å². The maximum Gasteiger partial charge on any atom is 0.414 e. The van der Waals surface area contributed by atoms with Crippen molar-refractivity contribution in [3.63, 3.8) is 0 Å². The van der Waals surface area contributed by atoms with Gasteiger partial charge >= 0.3 is 12.2 Å². The number of rotatable bonds is 6. The maximum absolute atomic E-state index is 12.4. The monoisotopic (exact) mass is 425 g/mol. The fourth-order valence-corrected chi connectivity index (χ4v) is 3.69. The first-order chi connectivity index (χ1) is 15.0. The number of carbonyl (C=O) groups is 3. The Kier molecular flexibility index (Phi) is 6.03. The van der Waals surface area contributed by atoms with Crippen molar-refractivity contribution in [2.45, 2.75) is 12.6 Å². The molecule has 3 amide bonds. The van der Waals surface area contributed by atoms with E-state index in [0.717, 1.165) is 11.3 Å². The molecule has 0 radical (unpaired) electrons. The third kappa shape index (κ3) is 4.77. The predicted molar refractivity (Wildman–Crippen MR) is 112 cm³/mol. The van der Waals surface area contributed by atoms with Crippen LogP contribution in [0.2, 0.25) is 0 Å². The summed E-state index contributed by atoms with van der Waals surface area (Å²) >= 11 is 0. The van der Waals surface area contributed by atoms with Gasteiger partial charge in [0.15, 0.2) is 0 Å². The molecule has 1 unspecified atom stereocenters. The summed E-state index contributed by atoms with van der Waals surface area (Å²) in [6.45, 7) is 1.56. The van der Waals surface area contributed by atoms with Crippen molar-refractivity contribution in [3.05, 3.63) is 60.2 Å². The molecule has 2 saturated heterocycles. The number of carbonyl (C=O) groups excluding carboxylic acids is 2. The van der Waals surface area contributed by atoms with E-state index in [9.17, 15) is 19.5 Å². The van der Waals surface area contributed by atoms with Crippen LogP contribution < -0.4 is 9.80 Å². The Morgan fingerprint density at radius 3 is 2.35 bits per heavy atom. The number of ether oxygens (including phenoxy) is 2. The summed E-state index contributed by atoms with van der Waals surface area (Å²) < 4.78 is 10.6. The highest BCUT2D eigenvalue weighted by Crippen LogP contribution is 2.26. The highest BCUT2D eigenvalue weighted by atomic mass is 16.6. The average Bonchev–Trinajstić information content (AvgIpc) is 3.14. The third-order valence-electron chi connectivity index (χ3n) is 5.24. The molecule has 31 heavy (non-hydrogen) atoms. The van der Waals surface area contributed by atoms with Gasteiger partial charge in [-0.25, -0.2) is 9.59 Å². The van der Waals surface area contributed by atoms with Gasteiger partial charge in [-0.3, -0.25) is 9.69 Å². The zero-order chi connectivity index (χ0) is 21.8. The van der Waals surface area contributed by atoms with Gasteiger partial charge in [0.25, 0.3) is 5.91 Å². The Bertz CT molecular complexity index is 949. The van der Waals surface area contributed by atoms with E-state index in [2.05, 4.69) is 0 Å². The Labute approximate surface area is 179 Å². The summed E-state index contributed by atoms with van der Waals surface area (Å²) in [4.78, 5) is 40.4. The Morgan fingerprint density at radius 2 is 1.71 bits per heavy atom. The minimum absolute atomic E-state index is 0.0605. The number of hydrogen-bond donors (Lipinski definition) is 1. The smallest absolute Gasteiger partial charge is 0.414 e. The van der Waals surface area contributed by atoms with E-state index in [4.69, 9.17) is 9.47 Å². The number of anilines is 2. The molecule has 2 aromatic carbocycles. The van der Waals surface area contributed by atoms with Gasteiger partial charge in [-0.15, -0.1) is 0 Å². The minimum atomic E-state index is -1.07. The van der Waals surface area contributed by atoms with E-state index >= 15 is 0 Å². The standard InChI is InChI=1S/C22H23N3O6/c26-20-15-30-11-10-24(20)17-6-8-18(9-7-17)25-14-19(31-22(25)29)13-23(21(27)28)12-16-4-2-1-3-5-16/h1-9,19H,10-15H2,(H,27,28). The number of nitrogens with zero attached hydrogens (tertiary/aromatic N) is 3. The van der Waals surface area contributed by atoms with Gasteiger partial charge in [0, 0.05) is 24.5 Å². The van der Waals surface area contributed by atoms with E-state index in [-0.39, 0.29) is 32.1 Å². The first-order valence-electron chi connectivity index (χ1n) is 9.99. The van der Waals surface area contributed by atoms with Crippen LogP contribution in [0.3, 0.4) is 0 Å². The summed E-state index contributed by atoms with van der Waals surface area (Å²) in [5.74, 6) is -0.105. The first kappa shape index (κ1) is 20.7. The molecule has 0 spiro atoms. The number of benzene rings is 2. The number of cyclic esters (lactones) is 1. The van der Waals surface area contributed by atoms with Crippen LogP contribution in [-0.4, -0.2) is 67.1 Å². The Balaban J connectivity index is 1.40. The normalized spacial score (nSPS) is 18.8. The molecule has 2 heterocycles. The van der Waals surface area contributed by atoms with Crippen molar-refractivity contribution >= 4 is 29.5 Å². The van der Waals surface area contributed by atoms with Crippen molar-refractivity contribution < 1.29 is 29.0 Å². The van der Waals surface area contributed by atoms with Crippen molar-refractivity contribution in [2.24, 2.45) is 0 Å². The zero-order valence-electron chi connectivity index (χ0n) is 16.8. The van der Waals surface area contributed by atoms with E-state index in [1.54, 1.807) is 29.2 Å². The van der Waals surface area contributed by atoms with Gasteiger partial charge in [-0.05, 0) is 29.8 Å². The third-order valence-corrected chi connectivity index (χ3v) is 5.24. The van der Waals surface area contributed by atoms with Crippen LogP contribution in [0.15, 0.2) is 54.6 Å². The molecule has 2 aliphatic heterocycles. The largest absolute Gasteiger partial charge is 0.465 e. The van der Waals surface area contributed by atoms with Crippen LogP contribution in [0, 0.1) is 0 Å². The summed E-state index contributed by atoms with van der Waals surface area (Å²) in [7, 11) is 0. The van der Waals surface area contributed by atoms with Gasteiger partial charge in [-0.2, -0.15) is 0 Å². The summed E-state index contributed by atoms with van der Waals surface area (Å²) in [5, 5.41) is 9.55. The fourth-order valence-electron chi connectivity index (χ4n) is 3.69. The highest BCUT2D eigenvalue weighted by Gasteiger charge is 2.34. The summed E-state index contributed by atoms with van der Waals surface area (Å²) in [6, 6.07) is 16.3. The van der Waals surface area contributed by atoms with E-state index in [1.807, 2.05) is 30.3 Å². The summed E-state index contributed by atoms with van der Waals surface area (Å²) in [6.07, 6.45) is -2.17. The zero-order valence-corrected chi connectivity index (χ0v) is 16.8. The molecular weight excluding hydrogens is 402 g/mol. The molecular formula is C22H23N3O6. The lowest BCUT2D eigenvalue weighted by molar-refractivity contribution is -0.125. The van der Waals surface area contributed by atoms with Crippen LogP contribution in [0.1, 0.15) is 5.56 Å². The van der Waals surface area contributed by atoms with Crippen LogP contribution in [0.5, 0.6) is 0 Å². The molecule has 1 N–H and O–H groups in total. The minimum Gasteiger partial charge on any atom is -0.465 e. The molecule has 1 atom stereocenters. The van der Waals surface area contributed by atoms with Gasteiger partial charge in [0.1, 0.15) is 12.7 Å². The second-order valence-corrected chi connectivity index (χ2v) is 7.38. The van der Waals surface area contributed by atoms with Gasteiger partial charge in [-0.1, -0.05) is 30.3 Å². The molecule has 0 aromatic heterocycles. The number of carboxylic acid groups (broad SMARTS) is 1. The highest BCUT2D eigenvalue weighted by molar-refractivity contribution is 5.95. The molecule has 9 nitrogen and oxygen atoms in total. The first-order valence-corrected chi connectivity index (χ1v) is 9.99. The lowest BCUT2D eigenvalue weighted by Crippen LogP contribution is -2.41. The Hall–Kier alpha value is -3.59. The van der Waals surface area contributed by atoms with Crippen molar-refractivity contribution in [1.29, 1.82) is 0 Å². The molecule has 0 bridgehead atoms. The molecule has 0 aliphatic carbocycles. The molecule has 2 aromatic rings. The number of morpholine rings is 1. The van der Waals surface area contributed by atoms with Crippen LogP contribution in [-0.2, 0) is 20.8 Å². The second kappa shape index (κ2) is 9.05. The average molecular weight is 425 g/mol. The summed E-state index contributed by atoms with van der Waals surface area (Å²) in [5.41, 5.74) is 2.22.